The Morgan fingerprint density at radius 2 is 2.06 bits per heavy atom. The summed E-state index contributed by atoms with van der Waals surface area (Å²) in [7, 11) is 0. The maximum Gasteiger partial charge on any atom is 0.106 e. The molecule has 16 heavy (non-hydrogen) atoms. The third-order valence-electron chi connectivity index (χ3n) is 3.16. The SMILES string of the molecule is Cc1cc(C2CNC(C)CC(C)O2)c(C)o1. The van der Waals surface area contributed by atoms with Crippen molar-refractivity contribution in [3.63, 3.8) is 0 Å². The molecule has 1 fully saturated rings. The van der Waals surface area contributed by atoms with Crippen LogP contribution < -0.4 is 5.32 Å². The number of rotatable bonds is 1. The van der Waals surface area contributed by atoms with Crippen molar-refractivity contribution in [2.45, 2.75) is 52.4 Å². The van der Waals surface area contributed by atoms with Crippen molar-refractivity contribution >= 4 is 0 Å². The topological polar surface area (TPSA) is 34.4 Å². The molecule has 0 aliphatic carbocycles. The van der Waals surface area contributed by atoms with E-state index in [4.69, 9.17) is 9.15 Å². The van der Waals surface area contributed by atoms with Crippen molar-refractivity contribution in [3.05, 3.63) is 23.2 Å². The van der Waals surface area contributed by atoms with Crippen molar-refractivity contribution in [3.8, 4) is 0 Å². The Morgan fingerprint density at radius 1 is 1.31 bits per heavy atom. The van der Waals surface area contributed by atoms with Crippen LogP contribution in [-0.4, -0.2) is 18.7 Å². The molecule has 1 aliphatic heterocycles. The molecule has 90 valence electrons. The quantitative estimate of drug-likeness (QED) is 0.795. The van der Waals surface area contributed by atoms with E-state index in [0.717, 1.165) is 24.5 Å². The Morgan fingerprint density at radius 3 is 2.69 bits per heavy atom. The van der Waals surface area contributed by atoms with E-state index in [-0.39, 0.29) is 6.10 Å². The third-order valence-corrected chi connectivity index (χ3v) is 3.16. The molecule has 1 aromatic heterocycles. The molecule has 1 saturated heterocycles. The van der Waals surface area contributed by atoms with Gasteiger partial charge in [-0.05, 0) is 40.2 Å². The Hall–Kier alpha value is -0.800. The summed E-state index contributed by atoms with van der Waals surface area (Å²) in [5.74, 6) is 1.94. The lowest BCUT2D eigenvalue weighted by molar-refractivity contribution is 0.00649. The summed E-state index contributed by atoms with van der Waals surface area (Å²) >= 11 is 0. The van der Waals surface area contributed by atoms with Crippen molar-refractivity contribution < 1.29 is 9.15 Å². The number of hydrogen-bond acceptors (Lipinski definition) is 3. The van der Waals surface area contributed by atoms with Crippen molar-refractivity contribution in [1.29, 1.82) is 0 Å². The van der Waals surface area contributed by atoms with Gasteiger partial charge in [0.2, 0.25) is 0 Å². The van der Waals surface area contributed by atoms with Gasteiger partial charge in [-0.3, -0.25) is 0 Å². The third kappa shape index (κ3) is 2.47. The maximum absolute atomic E-state index is 6.04. The number of ether oxygens (including phenoxy) is 1. The number of furan rings is 1. The largest absolute Gasteiger partial charge is 0.466 e. The van der Waals surface area contributed by atoms with E-state index in [9.17, 15) is 0 Å². The first-order chi connectivity index (χ1) is 7.56. The van der Waals surface area contributed by atoms with Gasteiger partial charge in [-0.2, -0.15) is 0 Å². The lowest BCUT2D eigenvalue weighted by Crippen LogP contribution is -2.28. The fourth-order valence-corrected chi connectivity index (χ4v) is 2.43. The van der Waals surface area contributed by atoms with Crippen LogP contribution in [0.5, 0.6) is 0 Å². The minimum Gasteiger partial charge on any atom is -0.466 e. The molecule has 0 bridgehead atoms. The van der Waals surface area contributed by atoms with Crippen LogP contribution in [0.15, 0.2) is 10.5 Å². The van der Waals surface area contributed by atoms with Gasteiger partial charge in [-0.1, -0.05) is 0 Å². The van der Waals surface area contributed by atoms with Crippen LogP contribution in [0.25, 0.3) is 0 Å². The van der Waals surface area contributed by atoms with Gasteiger partial charge in [-0.25, -0.2) is 0 Å². The zero-order valence-corrected chi connectivity index (χ0v) is 10.5. The van der Waals surface area contributed by atoms with E-state index in [2.05, 4.69) is 25.2 Å². The Labute approximate surface area is 97.2 Å². The van der Waals surface area contributed by atoms with Gasteiger partial charge < -0.3 is 14.5 Å². The Balaban J connectivity index is 2.17. The molecule has 0 aromatic carbocycles. The van der Waals surface area contributed by atoms with E-state index in [1.807, 2.05) is 13.8 Å². The van der Waals surface area contributed by atoms with Crippen molar-refractivity contribution in [2.75, 3.05) is 6.54 Å². The van der Waals surface area contributed by atoms with E-state index >= 15 is 0 Å². The highest BCUT2D eigenvalue weighted by Gasteiger charge is 2.24. The van der Waals surface area contributed by atoms with Crippen LogP contribution in [0, 0.1) is 13.8 Å². The second kappa shape index (κ2) is 4.60. The van der Waals surface area contributed by atoms with Crippen LogP contribution in [0.4, 0.5) is 0 Å². The fraction of sp³-hybridized carbons (Fsp3) is 0.692. The average molecular weight is 223 g/mol. The molecule has 0 saturated carbocycles. The minimum absolute atomic E-state index is 0.123. The monoisotopic (exact) mass is 223 g/mol. The second-order valence-corrected chi connectivity index (χ2v) is 4.85. The van der Waals surface area contributed by atoms with Crippen LogP contribution in [0.1, 0.15) is 43.5 Å². The first-order valence-corrected chi connectivity index (χ1v) is 6.02. The van der Waals surface area contributed by atoms with E-state index < -0.39 is 0 Å². The highest BCUT2D eigenvalue weighted by atomic mass is 16.5. The molecule has 1 aliphatic rings. The molecule has 3 unspecified atom stereocenters. The smallest absolute Gasteiger partial charge is 0.106 e. The molecule has 3 atom stereocenters. The summed E-state index contributed by atoms with van der Waals surface area (Å²) < 4.78 is 11.6. The molecule has 3 nitrogen and oxygen atoms in total. The van der Waals surface area contributed by atoms with E-state index in [1.54, 1.807) is 0 Å². The number of aryl methyl sites for hydroxylation is 2. The fourth-order valence-electron chi connectivity index (χ4n) is 2.43. The van der Waals surface area contributed by atoms with E-state index in [1.165, 1.54) is 5.56 Å². The first kappa shape index (κ1) is 11.7. The highest BCUT2D eigenvalue weighted by molar-refractivity contribution is 5.23. The minimum atomic E-state index is 0.123. The van der Waals surface area contributed by atoms with Gasteiger partial charge in [0.05, 0.1) is 12.2 Å². The van der Waals surface area contributed by atoms with Crippen LogP contribution in [0.2, 0.25) is 0 Å². The molecule has 2 heterocycles. The normalized spacial score (nSPS) is 31.4. The zero-order chi connectivity index (χ0) is 11.7. The lowest BCUT2D eigenvalue weighted by atomic mass is 10.1. The maximum atomic E-state index is 6.04. The van der Waals surface area contributed by atoms with Gasteiger partial charge in [0.1, 0.15) is 11.5 Å². The molecule has 2 rings (SSSR count). The molecular weight excluding hydrogens is 202 g/mol. The van der Waals surface area contributed by atoms with Gasteiger partial charge in [-0.15, -0.1) is 0 Å². The average Bonchev–Trinajstić information content (AvgIpc) is 2.41. The predicted molar refractivity (Wildman–Crippen MR) is 63.6 cm³/mol. The molecule has 1 aromatic rings. The number of hydrogen-bond donors (Lipinski definition) is 1. The van der Waals surface area contributed by atoms with E-state index in [0.29, 0.717) is 12.1 Å². The summed E-state index contributed by atoms with van der Waals surface area (Å²) in [6, 6.07) is 2.61. The van der Waals surface area contributed by atoms with Gasteiger partial charge in [0.15, 0.2) is 0 Å². The van der Waals surface area contributed by atoms with Crippen LogP contribution in [-0.2, 0) is 4.74 Å². The summed E-state index contributed by atoms with van der Waals surface area (Å²) in [4.78, 5) is 0. The van der Waals surface area contributed by atoms with Gasteiger partial charge >= 0.3 is 0 Å². The zero-order valence-electron chi connectivity index (χ0n) is 10.5. The predicted octanol–water partition coefficient (Wildman–Crippen LogP) is 2.72. The molecule has 0 radical (unpaired) electrons. The number of nitrogens with one attached hydrogen (secondary N) is 1. The van der Waals surface area contributed by atoms with Crippen LogP contribution in [0.3, 0.4) is 0 Å². The van der Waals surface area contributed by atoms with Crippen molar-refractivity contribution in [2.24, 2.45) is 0 Å². The standard InChI is InChI=1S/C13H21NO2/c1-8-5-9(2)16-13(7-14-8)12-6-10(3)15-11(12)4/h6,8-9,13-14H,5,7H2,1-4H3. The highest BCUT2D eigenvalue weighted by Crippen LogP contribution is 2.27. The summed E-state index contributed by atoms with van der Waals surface area (Å²) in [6.45, 7) is 9.19. The first-order valence-electron chi connectivity index (χ1n) is 6.02. The summed E-state index contributed by atoms with van der Waals surface area (Å²) in [5, 5.41) is 3.49. The molecule has 1 N–H and O–H groups in total. The van der Waals surface area contributed by atoms with Gasteiger partial charge in [0, 0.05) is 18.2 Å². The summed E-state index contributed by atoms with van der Waals surface area (Å²) in [5.41, 5.74) is 1.19. The Kier molecular flexibility index (Phi) is 3.36. The van der Waals surface area contributed by atoms with Crippen molar-refractivity contribution in [1.82, 2.24) is 5.32 Å². The molecule has 3 heteroatoms. The second-order valence-electron chi connectivity index (χ2n) is 4.85. The summed E-state index contributed by atoms with van der Waals surface area (Å²) in [6.07, 6.45) is 1.48. The Bertz CT molecular complexity index is 359. The molecule has 0 amide bonds. The molecular formula is C13H21NO2. The van der Waals surface area contributed by atoms with Gasteiger partial charge in [0.25, 0.3) is 0 Å². The lowest BCUT2D eigenvalue weighted by Gasteiger charge is -2.17. The molecule has 0 spiro atoms. The van der Waals surface area contributed by atoms with Crippen LogP contribution >= 0.6 is 0 Å².